The summed E-state index contributed by atoms with van der Waals surface area (Å²) in [4.78, 5) is 18.6. The summed E-state index contributed by atoms with van der Waals surface area (Å²) < 4.78 is 1.90. The van der Waals surface area contributed by atoms with Crippen LogP contribution in [0.3, 0.4) is 0 Å². The number of pyridine rings is 1. The van der Waals surface area contributed by atoms with Crippen molar-refractivity contribution in [2.45, 2.75) is 13.0 Å². The second kappa shape index (κ2) is 8.63. The summed E-state index contributed by atoms with van der Waals surface area (Å²) in [6.07, 6.45) is 8.82. The highest BCUT2D eigenvalue weighted by atomic mass is 16.2. The first kappa shape index (κ1) is 18.1. The maximum absolute atomic E-state index is 12.2. The summed E-state index contributed by atoms with van der Waals surface area (Å²) in [5, 5.41) is 7.41. The van der Waals surface area contributed by atoms with E-state index in [9.17, 15) is 4.79 Å². The Balaban J connectivity index is 1.30. The van der Waals surface area contributed by atoms with Crippen LogP contribution in [0.25, 0.3) is 11.3 Å². The fourth-order valence-electron chi connectivity index (χ4n) is 3.28. The van der Waals surface area contributed by atoms with E-state index in [1.807, 2.05) is 59.4 Å². The van der Waals surface area contributed by atoms with Crippen LogP contribution in [-0.2, 0) is 11.3 Å². The Bertz CT molecular complexity index is 949. The quantitative estimate of drug-likeness (QED) is 0.722. The van der Waals surface area contributed by atoms with Gasteiger partial charge in [-0.1, -0.05) is 30.3 Å². The van der Waals surface area contributed by atoms with Crippen LogP contribution >= 0.6 is 0 Å². The van der Waals surface area contributed by atoms with Crippen LogP contribution in [0, 0.1) is 0 Å². The minimum Gasteiger partial charge on any atom is -0.349 e. The number of para-hydroxylation sites is 1. The molecular weight excluding hydrogens is 350 g/mol. The van der Waals surface area contributed by atoms with Gasteiger partial charge in [0.05, 0.1) is 30.7 Å². The van der Waals surface area contributed by atoms with Crippen LogP contribution in [0.1, 0.15) is 17.7 Å². The second-order valence-corrected chi connectivity index (χ2v) is 6.82. The van der Waals surface area contributed by atoms with Gasteiger partial charge >= 0.3 is 0 Å². The van der Waals surface area contributed by atoms with E-state index in [4.69, 9.17) is 0 Å². The number of nitrogens with one attached hydrogen (secondary N) is 1. The van der Waals surface area contributed by atoms with Gasteiger partial charge in [-0.25, -0.2) is 4.68 Å². The molecule has 0 unspecified atom stereocenters. The zero-order chi connectivity index (χ0) is 19.2. The normalized spacial score (nSPS) is 14.5. The number of hydrogen-bond donors (Lipinski definition) is 1. The smallest absolute Gasteiger partial charge is 0.234 e. The van der Waals surface area contributed by atoms with Crippen LogP contribution < -0.4 is 5.32 Å². The Hall–Kier alpha value is -3.25. The number of hydrogen-bond acceptors (Lipinski definition) is 4. The van der Waals surface area contributed by atoms with E-state index in [1.165, 1.54) is 5.57 Å². The average molecular weight is 373 g/mol. The monoisotopic (exact) mass is 373 g/mol. The van der Waals surface area contributed by atoms with E-state index in [2.05, 4.69) is 32.6 Å². The van der Waals surface area contributed by atoms with Gasteiger partial charge in [0, 0.05) is 31.0 Å². The van der Waals surface area contributed by atoms with Crippen molar-refractivity contribution >= 4 is 11.5 Å². The number of carbonyl (C=O) groups excluding carboxylic acids is 1. The Morgan fingerprint density at radius 2 is 1.96 bits per heavy atom. The number of benzene rings is 1. The van der Waals surface area contributed by atoms with Crippen molar-refractivity contribution in [3.05, 3.63) is 84.5 Å². The van der Waals surface area contributed by atoms with E-state index < -0.39 is 0 Å². The molecular formula is C22H23N5O. The molecule has 0 aliphatic carbocycles. The highest BCUT2D eigenvalue weighted by Crippen LogP contribution is 2.22. The van der Waals surface area contributed by atoms with Gasteiger partial charge in [0.1, 0.15) is 0 Å². The van der Waals surface area contributed by atoms with Gasteiger partial charge in [-0.3, -0.25) is 14.7 Å². The summed E-state index contributed by atoms with van der Waals surface area (Å²) in [5.41, 5.74) is 4.35. The molecule has 0 saturated carbocycles. The van der Waals surface area contributed by atoms with E-state index >= 15 is 0 Å². The van der Waals surface area contributed by atoms with Gasteiger partial charge in [-0.2, -0.15) is 5.10 Å². The SMILES string of the molecule is O=C(CN1CC=C(c2cnn(-c3ccccc3)c2)CC1)NCc1ccccn1. The molecule has 6 heteroatoms. The third kappa shape index (κ3) is 4.53. The maximum atomic E-state index is 12.2. The Morgan fingerprint density at radius 3 is 2.71 bits per heavy atom. The summed E-state index contributed by atoms with van der Waals surface area (Å²) in [6, 6.07) is 15.8. The minimum absolute atomic E-state index is 0.0272. The summed E-state index contributed by atoms with van der Waals surface area (Å²) in [7, 11) is 0. The van der Waals surface area contributed by atoms with Crippen LogP contribution in [0.4, 0.5) is 0 Å². The van der Waals surface area contributed by atoms with Gasteiger partial charge in [0.2, 0.25) is 5.91 Å². The second-order valence-electron chi connectivity index (χ2n) is 6.82. The van der Waals surface area contributed by atoms with Gasteiger partial charge in [0.25, 0.3) is 0 Å². The lowest BCUT2D eigenvalue weighted by molar-refractivity contribution is -0.122. The zero-order valence-electron chi connectivity index (χ0n) is 15.7. The lowest BCUT2D eigenvalue weighted by Crippen LogP contribution is -2.39. The number of nitrogens with zero attached hydrogens (tertiary/aromatic N) is 4. The van der Waals surface area contributed by atoms with Crippen molar-refractivity contribution in [2.75, 3.05) is 19.6 Å². The largest absolute Gasteiger partial charge is 0.349 e. The molecule has 1 amide bonds. The van der Waals surface area contributed by atoms with Gasteiger partial charge in [0.15, 0.2) is 0 Å². The zero-order valence-corrected chi connectivity index (χ0v) is 15.7. The molecule has 1 aromatic carbocycles. The van der Waals surface area contributed by atoms with Crippen molar-refractivity contribution < 1.29 is 4.79 Å². The highest BCUT2D eigenvalue weighted by molar-refractivity contribution is 5.78. The van der Waals surface area contributed by atoms with E-state index in [0.717, 1.165) is 36.5 Å². The van der Waals surface area contributed by atoms with Gasteiger partial charge in [-0.15, -0.1) is 0 Å². The molecule has 4 rings (SSSR count). The lowest BCUT2D eigenvalue weighted by atomic mass is 10.0. The average Bonchev–Trinajstić information content (AvgIpc) is 3.25. The molecule has 1 aliphatic rings. The minimum atomic E-state index is 0.0272. The molecule has 0 spiro atoms. The molecule has 1 aliphatic heterocycles. The number of carbonyl (C=O) groups is 1. The first-order valence-corrected chi connectivity index (χ1v) is 9.46. The molecule has 6 nitrogen and oxygen atoms in total. The van der Waals surface area contributed by atoms with Crippen molar-refractivity contribution in [3.63, 3.8) is 0 Å². The predicted molar refractivity (Wildman–Crippen MR) is 109 cm³/mol. The summed E-state index contributed by atoms with van der Waals surface area (Å²) in [6.45, 7) is 2.50. The van der Waals surface area contributed by atoms with Crippen LogP contribution in [0.15, 0.2) is 73.2 Å². The Kier molecular flexibility index (Phi) is 5.58. The third-order valence-electron chi connectivity index (χ3n) is 4.83. The predicted octanol–water partition coefficient (Wildman–Crippen LogP) is 2.67. The molecule has 0 radical (unpaired) electrons. The Morgan fingerprint density at radius 1 is 1.11 bits per heavy atom. The lowest BCUT2D eigenvalue weighted by Gasteiger charge is -2.25. The molecule has 3 heterocycles. The molecule has 28 heavy (non-hydrogen) atoms. The fraction of sp³-hybridized carbons (Fsp3) is 0.227. The van der Waals surface area contributed by atoms with E-state index in [-0.39, 0.29) is 5.91 Å². The standard InChI is InChI=1S/C22H23N5O/c28-22(24-15-20-6-4-5-11-23-20)17-26-12-9-18(10-13-26)19-14-25-27(16-19)21-7-2-1-3-8-21/h1-9,11,14,16H,10,12-13,15,17H2,(H,24,28). The molecule has 0 atom stereocenters. The van der Waals surface area contributed by atoms with Crippen molar-refractivity contribution in [1.82, 2.24) is 25.0 Å². The Labute approximate surface area is 164 Å². The number of rotatable bonds is 6. The highest BCUT2D eigenvalue weighted by Gasteiger charge is 2.16. The van der Waals surface area contributed by atoms with Crippen molar-refractivity contribution in [2.24, 2.45) is 0 Å². The van der Waals surface area contributed by atoms with Crippen LogP contribution in [0.2, 0.25) is 0 Å². The van der Waals surface area contributed by atoms with Crippen molar-refractivity contribution in [3.8, 4) is 5.69 Å². The van der Waals surface area contributed by atoms with Crippen LogP contribution in [0.5, 0.6) is 0 Å². The van der Waals surface area contributed by atoms with Crippen LogP contribution in [-0.4, -0.2) is 45.2 Å². The number of aromatic nitrogens is 3. The maximum Gasteiger partial charge on any atom is 0.234 e. The summed E-state index contributed by atoms with van der Waals surface area (Å²) >= 11 is 0. The molecule has 3 aromatic rings. The molecule has 2 aromatic heterocycles. The molecule has 0 fully saturated rings. The van der Waals surface area contributed by atoms with E-state index in [1.54, 1.807) is 6.20 Å². The topological polar surface area (TPSA) is 63.1 Å². The molecule has 142 valence electrons. The first-order chi connectivity index (χ1) is 13.8. The third-order valence-corrected chi connectivity index (χ3v) is 4.83. The molecule has 1 N–H and O–H groups in total. The van der Waals surface area contributed by atoms with Crippen molar-refractivity contribution in [1.29, 1.82) is 0 Å². The van der Waals surface area contributed by atoms with Gasteiger partial charge < -0.3 is 5.32 Å². The first-order valence-electron chi connectivity index (χ1n) is 9.46. The van der Waals surface area contributed by atoms with E-state index in [0.29, 0.717) is 13.1 Å². The summed E-state index contributed by atoms with van der Waals surface area (Å²) in [5.74, 6) is 0.0272. The van der Waals surface area contributed by atoms with Gasteiger partial charge in [-0.05, 0) is 36.3 Å². The molecule has 0 bridgehead atoms. The fourth-order valence-corrected chi connectivity index (χ4v) is 3.28. The number of amides is 1. The molecule has 0 saturated heterocycles.